The molecule has 1 amide bonds. The van der Waals surface area contributed by atoms with Gasteiger partial charge >= 0.3 is 0 Å². The van der Waals surface area contributed by atoms with Crippen LogP contribution in [-0.2, 0) is 4.79 Å². The van der Waals surface area contributed by atoms with Gasteiger partial charge in [-0.3, -0.25) is 4.79 Å². The second-order valence-corrected chi connectivity index (χ2v) is 4.86. The molecule has 0 radical (unpaired) electrons. The summed E-state index contributed by atoms with van der Waals surface area (Å²) in [5.74, 6) is 1.19. The predicted molar refractivity (Wildman–Crippen MR) is 62.7 cm³/mol. The standard InChI is InChI=1S/C12H24N2O/c1-10(2)14(3)12(15)9-13-8-4-5-11-6-7-11/h10-11,13H,4-9H2,1-3H3. The maximum atomic E-state index is 11.6. The molecule has 1 N–H and O–H groups in total. The van der Waals surface area contributed by atoms with E-state index in [1.165, 1.54) is 25.7 Å². The van der Waals surface area contributed by atoms with Gasteiger partial charge in [0.25, 0.3) is 0 Å². The van der Waals surface area contributed by atoms with Crippen molar-refractivity contribution in [1.29, 1.82) is 0 Å². The molecule has 1 aliphatic rings. The zero-order valence-corrected chi connectivity index (χ0v) is 10.3. The van der Waals surface area contributed by atoms with Gasteiger partial charge in [0.05, 0.1) is 6.54 Å². The van der Waals surface area contributed by atoms with Gasteiger partial charge in [0.15, 0.2) is 0 Å². The number of nitrogens with zero attached hydrogens (tertiary/aromatic N) is 1. The maximum Gasteiger partial charge on any atom is 0.236 e. The first-order chi connectivity index (χ1) is 7.11. The Bertz CT molecular complexity index is 200. The second kappa shape index (κ2) is 6.11. The van der Waals surface area contributed by atoms with E-state index in [9.17, 15) is 4.79 Å². The van der Waals surface area contributed by atoms with Crippen LogP contribution in [0.25, 0.3) is 0 Å². The molecule has 1 rings (SSSR count). The lowest BCUT2D eigenvalue weighted by Crippen LogP contribution is -2.39. The third kappa shape index (κ3) is 5.17. The average Bonchev–Trinajstić information content (AvgIpc) is 2.99. The summed E-state index contributed by atoms with van der Waals surface area (Å²) >= 11 is 0. The molecule has 3 nitrogen and oxygen atoms in total. The number of hydrogen-bond donors (Lipinski definition) is 1. The van der Waals surface area contributed by atoms with Crippen LogP contribution in [0.4, 0.5) is 0 Å². The number of hydrogen-bond acceptors (Lipinski definition) is 2. The first-order valence-electron chi connectivity index (χ1n) is 6.07. The summed E-state index contributed by atoms with van der Waals surface area (Å²) < 4.78 is 0. The molecule has 0 aromatic rings. The Kier molecular flexibility index (Phi) is 5.09. The first-order valence-corrected chi connectivity index (χ1v) is 6.07. The number of nitrogens with one attached hydrogen (secondary N) is 1. The SMILES string of the molecule is CC(C)N(C)C(=O)CNCCCC1CC1. The third-order valence-electron chi connectivity index (χ3n) is 3.11. The van der Waals surface area contributed by atoms with E-state index in [0.717, 1.165) is 12.5 Å². The second-order valence-electron chi connectivity index (χ2n) is 4.86. The Morgan fingerprint density at radius 1 is 1.47 bits per heavy atom. The van der Waals surface area contributed by atoms with Crippen LogP contribution in [0.15, 0.2) is 0 Å². The molecule has 0 atom stereocenters. The van der Waals surface area contributed by atoms with Crippen molar-refractivity contribution in [1.82, 2.24) is 10.2 Å². The molecule has 0 aromatic carbocycles. The Hall–Kier alpha value is -0.570. The van der Waals surface area contributed by atoms with Crippen molar-refractivity contribution in [2.24, 2.45) is 5.92 Å². The topological polar surface area (TPSA) is 32.3 Å². The van der Waals surface area contributed by atoms with Gasteiger partial charge in [0.2, 0.25) is 5.91 Å². The van der Waals surface area contributed by atoms with E-state index in [1.807, 2.05) is 20.9 Å². The highest BCUT2D eigenvalue weighted by atomic mass is 16.2. The number of rotatable bonds is 7. The summed E-state index contributed by atoms with van der Waals surface area (Å²) in [5.41, 5.74) is 0. The lowest BCUT2D eigenvalue weighted by Gasteiger charge is -2.21. The fraction of sp³-hybridized carbons (Fsp3) is 0.917. The summed E-state index contributed by atoms with van der Waals surface area (Å²) in [6.07, 6.45) is 5.40. The van der Waals surface area contributed by atoms with Crippen molar-refractivity contribution in [3.8, 4) is 0 Å². The van der Waals surface area contributed by atoms with E-state index in [1.54, 1.807) is 4.90 Å². The normalized spacial score (nSPS) is 15.7. The van der Waals surface area contributed by atoms with Gasteiger partial charge in [-0.1, -0.05) is 12.8 Å². The van der Waals surface area contributed by atoms with E-state index < -0.39 is 0 Å². The minimum Gasteiger partial charge on any atom is -0.342 e. The predicted octanol–water partition coefficient (Wildman–Crippen LogP) is 1.63. The molecule has 0 saturated heterocycles. The zero-order chi connectivity index (χ0) is 11.3. The van der Waals surface area contributed by atoms with Crippen LogP contribution in [0.2, 0.25) is 0 Å². The first kappa shape index (κ1) is 12.5. The van der Waals surface area contributed by atoms with Crippen molar-refractivity contribution in [3.63, 3.8) is 0 Å². The van der Waals surface area contributed by atoms with Crippen LogP contribution >= 0.6 is 0 Å². The number of likely N-dealkylation sites (N-methyl/N-ethyl adjacent to an activating group) is 1. The van der Waals surface area contributed by atoms with Gasteiger partial charge in [-0.05, 0) is 39.2 Å². The highest BCUT2D eigenvalue weighted by molar-refractivity contribution is 5.78. The molecule has 0 unspecified atom stereocenters. The van der Waals surface area contributed by atoms with Gasteiger partial charge in [0, 0.05) is 13.1 Å². The van der Waals surface area contributed by atoms with Gasteiger partial charge in [-0.2, -0.15) is 0 Å². The quantitative estimate of drug-likeness (QED) is 0.651. The average molecular weight is 212 g/mol. The van der Waals surface area contributed by atoms with Crippen molar-refractivity contribution in [2.45, 2.75) is 45.6 Å². The van der Waals surface area contributed by atoms with Crippen molar-refractivity contribution >= 4 is 5.91 Å². The van der Waals surface area contributed by atoms with Gasteiger partial charge in [0.1, 0.15) is 0 Å². The minimum absolute atomic E-state index is 0.191. The molecule has 88 valence electrons. The fourth-order valence-electron chi connectivity index (χ4n) is 1.53. The lowest BCUT2D eigenvalue weighted by atomic mass is 10.2. The van der Waals surface area contributed by atoms with Crippen LogP contribution < -0.4 is 5.32 Å². The van der Waals surface area contributed by atoms with E-state index in [4.69, 9.17) is 0 Å². The molecule has 0 aromatic heterocycles. The Balaban J connectivity index is 1.95. The monoisotopic (exact) mass is 212 g/mol. The highest BCUT2D eigenvalue weighted by Gasteiger charge is 2.20. The Morgan fingerprint density at radius 2 is 2.13 bits per heavy atom. The molecule has 0 aliphatic heterocycles. The smallest absolute Gasteiger partial charge is 0.236 e. The molecule has 3 heteroatoms. The highest BCUT2D eigenvalue weighted by Crippen LogP contribution is 2.33. The van der Waals surface area contributed by atoms with Crippen molar-refractivity contribution in [2.75, 3.05) is 20.1 Å². The molecule has 1 aliphatic carbocycles. The number of amides is 1. The summed E-state index contributed by atoms with van der Waals surface area (Å²) in [5, 5.41) is 3.21. The van der Waals surface area contributed by atoms with Crippen LogP contribution in [0.3, 0.4) is 0 Å². The van der Waals surface area contributed by atoms with Gasteiger partial charge in [-0.25, -0.2) is 0 Å². The molecular formula is C12H24N2O. The lowest BCUT2D eigenvalue weighted by molar-refractivity contribution is -0.130. The van der Waals surface area contributed by atoms with Crippen molar-refractivity contribution < 1.29 is 4.79 Å². The van der Waals surface area contributed by atoms with Crippen LogP contribution in [0, 0.1) is 5.92 Å². The largest absolute Gasteiger partial charge is 0.342 e. The third-order valence-corrected chi connectivity index (χ3v) is 3.11. The van der Waals surface area contributed by atoms with E-state index in [-0.39, 0.29) is 5.91 Å². The van der Waals surface area contributed by atoms with Crippen LogP contribution in [0.5, 0.6) is 0 Å². The summed E-state index contributed by atoms with van der Waals surface area (Å²) in [7, 11) is 1.86. The number of carbonyl (C=O) groups excluding carboxylic acids is 1. The number of carbonyl (C=O) groups is 1. The Labute approximate surface area is 93.2 Å². The van der Waals surface area contributed by atoms with Crippen molar-refractivity contribution in [3.05, 3.63) is 0 Å². The molecule has 1 fully saturated rings. The summed E-state index contributed by atoms with van der Waals surface area (Å²) in [4.78, 5) is 13.3. The summed E-state index contributed by atoms with van der Waals surface area (Å²) in [6.45, 7) is 5.53. The van der Waals surface area contributed by atoms with Crippen LogP contribution in [-0.4, -0.2) is 37.0 Å². The van der Waals surface area contributed by atoms with Crippen LogP contribution in [0.1, 0.15) is 39.5 Å². The molecule has 0 spiro atoms. The summed E-state index contributed by atoms with van der Waals surface area (Å²) in [6, 6.07) is 0.297. The van der Waals surface area contributed by atoms with Gasteiger partial charge in [-0.15, -0.1) is 0 Å². The van der Waals surface area contributed by atoms with E-state index in [0.29, 0.717) is 12.6 Å². The van der Waals surface area contributed by atoms with Gasteiger partial charge < -0.3 is 10.2 Å². The molecule has 0 bridgehead atoms. The molecule has 0 heterocycles. The molecular weight excluding hydrogens is 188 g/mol. The fourth-order valence-corrected chi connectivity index (χ4v) is 1.53. The minimum atomic E-state index is 0.191. The molecule has 15 heavy (non-hydrogen) atoms. The van der Waals surface area contributed by atoms with E-state index >= 15 is 0 Å². The molecule has 1 saturated carbocycles. The van der Waals surface area contributed by atoms with E-state index in [2.05, 4.69) is 5.32 Å². The maximum absolute atomic E-state index is 11.6. The zero-order valence-electron chi connectivity index (χ0n) is 10.3. The Morgan fingerprint density at radius 3 is 2.67 bits per heavy atom.